The molecule has 2 aromatic carbocycles. The number of rotatable bonds is 2. The number of para-hydroxylation sites is 1. The lowest BCUT2D eigenvalue weighted by molar-refractivity contribution is -0.113. The van der Waals surface area contributed by atoms with Gasteiger partial charge in [0.1, 0.15) is 5.82 Å². The summed E-state index contributed by atoms with van der Waals surface area (Å²) in [5.74, 6) is 1.07. The van der Waals surface area contributed by atoms with Crippen molar-refractivity contribution in [2.45, 2.75) is 19.1 Å². The summed E-state index contributed by atoms with van der Waals surface area (Å²) in [5.41, 5.74) is 5.06. The molecule has 1 aromatic heterocycles. The van der Waals surface area contributed by atoms with Gasteiger partial charge in [-0.05, 0) is 31.5 Å². The Kier molecular flexibility index (Phi) is 4.51. The molecule has 1 atom stereocenters. The number of hydrogen-bond donors (Lipinski definition) is 1. The third kappa shape index (κ3) is 3.02. The first-order valence-electron chi connectivity index (χ1n) is 8.37. The van der Waals surface area contributed by atoms with Crippen LogP contribution in [0.1, 0.15) is 27.6 Å². The second kappa shape index (κ2) is 6.82. The number of aromatic nitrogens is 2. The van der Waals surface area contributed by atoms with Gasteiger partial charge in [-0.2, -0.15) is 5.10 Å². The van der Waals surface area contributed by atoms with Crippen LogP contribution in [-0.4, -0.2) is 21.4 Å². The lowest BCUT2D eigenvalue weighted by Gasteiger charge is -2.15. The molecule has 4 nitrogen and oxygen atoms in total. The Labute approximate surface area is 161 Å². The lowest BCUT2D eigenvalue weighted by Crippen LogP contribution is -2.16. The third-order valence-corrected chi connectivity index (χ3v) is 6.06. The highest BCUT2D eigenvalue weighted by molar-refractivity contribution is 8.00. The third-order valence-electron chi connectivity index (χ3n) is 4.47. The van der Waals surface area contributed by atoms with Gasteiger partial charge in [0.2, 0.25) is 5.91 Å². The molecule has 0 fully saturated rings. The Bertz CT molecular complexity index is 981. The largest absolute Gasteiger partial charge is 0.310 e. The fraction of sp³-hybridized carbons (Fsp3) is 0.200. The molecule has 1 amide bonds. The molecule has 0 spiro atoms. The van der Waals surface area contributed by atoms with Gasteiger partial charge >= 0.3 is 0 Å². The highest BCUT2D eigenvalue weighted by atomic mass is 35.5. The normalized spacial score (nSPS) is 16.7. The first kappa shape index (κ1) is 17.2. The molecule has 0 radical (unpaired) electrons. The summed E-state index contributed by atoms with van der Waals surface area (Å²) >= 11 is 8.00. The maximum Gasteiger partial charge on any atom is 0.235 e. The number of aryl methyl sites for hydroxylation is 2. The van der Waals surface area contributed by atoms with Crippen molar-refractivity contribution in [2.24, 2.45) is 0 Å². The van der Waals surface area contributed by atoms with Crippen LogP contribution in [0.3, 0.4) is 0 Å². The molecule has 0 saturated carbocycles. The van der Waals surface area contributed by atoms with Crippen molar-refractivity contribution in [3.8, 4) is 5.69 Å². The monoisotopic (exact) mass is 383 g/mol. The summed E-state index contributed by atoms with van der Waals surface area (Å²) in [6.07, 6.45) is 0. The van der Waals surface area contributed by atoms with Gasteiger partial charge in [0.05, 0.1) is 27.4 Å². The minimum atomic E-state index is -0.0286. The van der Waals surface area contributed by atoms with E-state index in [1.54, 1.807) is 16.4 Å². The van der Waals surface area contributed by atoms with Gasteiger partial charge in [-0.1, -0.05) is 53.6 Å². The van der Waals surface area contributed by atoms with Gasteiger partial charge < -0.3 is 5.32 Å². The van der Waals surface area contributed by atoms with Gasteiger partial charge in [-0.15, -0.1) is 11.8 Å². The molecule has 1 aliphatic rings. The first-order chi connectivity index (χ1) is 12.5. The SMILES string of the molecule is Cc1ccc(C2SCC(=O)Nc3c2c(C)nn3-c2ccccc2Cl)cc1. The Morgan fingerprint density at radius 1 is 1.15 bits per heavy atom. The van der Waals surface area contributed by atoms with Crippen molar-refractivity contribution in [2.75, 3.05) is 11.1 Å². The van der Waals surface area contributed by atoms with E-state index >= 15 is 0 Å². The van der Waals surface area contributed by atoms with Gasteiger partial charge in [0.25, 0.3) is 0 Å². The second-order valence-corrected chi connectivity index (χ2v) is 7.86. The van der Waals surface area contributed by atoms with Gasteiger partial charge in [0, 0.05) is 5.56 Å². The fourth-order valence-corrected chi connectivity index (χ4v) is 4.59. The van der Waals surface area contributed by atoms with E-state index in [4.69, 9.17) is 16.7 Å². The number of carbonyl (C=O) groups is 1. The number of anilines is 1. The van der Waals surface area contributed by atoms with Crippen LogP contribution in [-0.2, 0) is 4.79 Å². The van der Waals surface area contributed by atoms with Crippen LogP contribution >= 0.6 is 23.4 Å². The minimum Gasteiger partial charge on any atom is -0.310 e. The van der Waals surface area contributed by atoms with Crippen LogP contribution in [0.4, 0.5) is 5.82 Å². The Morgan fingerprint density at radius 2 is 1.88 bits per heavy atom. The number of hydrogen-bond acceptors (Lipinski definition) is 3. The molecule has 6 heteroatoms. The zero-order valence-electron chi connectivity index (χ0n) is 14.5. The molecule has 2 heterocycles. The standard InChI is InChI=1S/C20H18ClN3OS/c1-12-7-9-14(10-8-12)19-18-13(2)23-24(16-6-4-3-5-15(16)21)20(18)22-17(25)11-26-19/h3-10,19H,11H2,1-2H3,(H,22,25). The zero-order valence-corrected chi connectivity index (χ0v) is 16.1. The van der Waals surface area contributed by atoms with Crippen molar-refractivity contribution in [1.29, 1.82) is 0 Å². The number of thioether (sulfide) groups is 1. The predicted molar refractivity (Wildman–Crippen MR) is 107 cm³/mol. The average Bonchev–Trinajstić information content (AvgIpc) is 2.82. The van der Waals surface area contributed by atoms with E-state index < -0.39 is 0 Å². The molecule has 4 rings (SSSR count). The van der Waals surface area contributed by atoms with Crippen LogP contribution in [0.5, 0.6) is 0 Å². The summed E-state index contributed by atoms with van der Waals surface area (Å²) in [7, 11) is 0. The number of fused-ring (bicyclic) bond motifs is 1. The maximum absolute atomic E-state index is 12.3. The van der Waals surface area contributed by atoms with Crippen molar-refractivity contribution in [3.05, 3.63) is 75.9 Å². The number of nitrogens with one attached hydrogen (secondary N) is 1. The maximum atomic E-state index is 12.3. The Hall–Kier alpha value is -2.24. The molecule has 3 aromatic rings. The summed E-state index contributed by atoms with van der Waals surface area (Å²) in [6.45, 7) is 4.05. The van der Waals surface area contributed by atoms with Crippen LogP contribution < -0.4 is 5.32 Å². The second-order valence-electron chi connectivity index (χ2n) is 6.36. The van der Waals surface area contributed by atoms with Crippen LogP contribution in [0.2, 0.25) is 5.02 Å². The highest BCUT2D eigenvalue weighted by Crippen LogP contribution is 2.44. The van der Waals surface area contributed by atoms with E-state index in [0.29, 0.717) is 16.6 Å². The average molecular weight is 384 g/mol. The Balaban J connectivity index is 1.91. The first-order valence-corrected chi connectivity index (χ1v) is 9.79. The lowest BCUT2D eigenvalue weighted by atomic mass is 10.0. The summed E-state index contributed by atoms with van der Waals surface area (Å²) in [6, 6.07) is 16.0. The molecule has 1 unspecified atom stereocenters. The summed E-state index contributed by atoms with van der Waals surface area (Å²) in [4.78, 5) is 12.3. The molecule has 1 aliphatic heterocycles. The van der Waals surface area contributed by atoms with E-state index in [9.17, 15) is 4.79 Å². The fourth-order valence-electron chi connectivity index (χ4n) is 3.19. The van der Waals surface area contributed by atoms with E-state index in [1.165, 1.54) is 11.1 Å². The quantitative estimate of drug-likeness (QED) is 0.683. The minimum absolute atomic E-state index is 0.0286. The van der Waals surface area contributed by atoms with E-state index in [-0.39, 0.29) is 11.2 Å². The van der Waals surface area contributed by atoms with Gasteiger partial charge in [-0.25, -0.2) is 4.68 Å². The van der Waals surface area contributed by atoms with E-state index in [2.05, 4.69) is 36.5 Å². The highest BCUT2D eigenvalue weighted by Gasteiger charge is 2.30. The molecule has 26 heavy (non-hydrogen) atoms. The summed E-state index contributed by atoms with van der Waals surface area (Å²) in [5, 5.41) is 8.36. The molecule has 0 aliphatic carbocycles. The number of benzene rings is 2. The molecule has 132 valence electrons. The Morgan fingerprint density at radius 3 is 2.62 bits per heavy atom. The molecule has 1 N–H and O–H groups in total. The van der Waals surface area contributed by atoms with E-state index in [1.807, 2.05) is 31.2 Å². The molecular formula is C20H18ClN3OS. The van der Waals surface area contributed by atoms with Crippen LogP contribution in [0, 0.1) is 13.8 Å². The van der Waals surface area contributed by atoms with Gasteiger partial charge in [0.15, 0.2) is 0 Å². The number of carbonyl (C=O) groups excluding carboxylic acids is 1. The summed E-state index contributed by atoms with van der Waals surface area (Å²) < 4.78 is 1.75. The van der Waals surface area contributed by atoms with Crippen molar-refractivity contribution < 1.29 is 4.79 Å². The van der Waals surface area contributed by atoms with E-state index in [0.717, 1.165) is 16.9 Å². The topological polar surface area (TPSA) is 46.9 Å². The smallest absolute Gasteiger partial charge is 0.235 e. The number of halogens is 1. The zero-order chi connectivity index (χ0) is 18.3. The molecule has 0 saturated heterocycles. The van der Waals surface area contributed by atoms with Crippen molar-refractivity contribution >= 4 is 35.1 Å². The number of amides is 1. The number of nitrogens with zero attached hydrogens (tertiary/aromatic N) is 2. The van der Waals surface area contributed by atoms with Crippen LogP contribution in [0.15, 0.2) is 48.5 Å². The van der Waals surface area contributed by atoms with Crippen molar-refractivity contribution in [3.63, 3.8) is 0 Å². The molecular weight excluding hydrogens is 366 g/mol. The predicted octanol–water partition coefficient (Wildman–Crippen LogP) is 4.92. The van der Waals surface area contributed by atoms with Gasteiger partial charge in [-0.3, -0.25) is 4.79 Å². The molecule has 0 bridgehead atoms. The van der Waals surface area contributed by atoms with Crippen LogP contribution in [0.25, 0.3) is 5.69 Å². The van der Waals surface area contributed by atoms with Crippen molar-refractivity contribution in [1.82, 2.24) is 9.78 Å².